The standard InChI is InChI=1S/C19H28N2O4S/c1-5-8-20-19-21-15(11-26-19)18(23)24-10-17(22)25-16-9-13(4)6-7-14(16)12(2)3/h5,11-14,16H,1,6-10H2,2-4H3,(H,20,21). The van der Waals surface area contributed by atoms with Crippen LogP contribution in [-0.2, 0) is 14.3 Å². The van der Waals surface area contributed by atoms with Crippen LogP contribution in [0.5, 0.6) is 0 Å². The van der Waals surface area contributed by atoms with Gasteiger partial charge in [0.2, 0.25) is 0 Å². The number of thiazole rings is 1. The fourth-order valence-electron chi connectivity index (χ4n) is 3.26. The summed E-state index contributed by atoms with van der Waals surface area (Å²) in [5.74, 6) is 0.245. The molecule has 26 heavy (non-hydrogen) atoms. The molecule has 1 N–H and O–H groups in total. The van der Waals surface area contributed by atoms with Crippen LogP contribution in [0.2, 0.25) is 0 Å². The van der Waals surface area contributed by atoms with Crippen LogP contribution in [0, 0.1) is 17.8 Å². The smallest absolute Gasteiger partial charge is 0.358 e. The van der Waals surface area contributed by atoms with Gasteiger partial charge in [-0.3, -0.25) is 0 Å². The zero-order valence-electron chi connectivity index (χ0n) is 15.7. The van der Waals surface area contributed by atoms with Crippen molar-refractivity contribution in [1.82, 2.24) is 4.98 Å². The molecule has 1 aromatic rings. The molecule has 0 saturated heterocycles. The average Bonchev–Trinajstić information content (AvgIpc) is 3.06. The van der Waals surface area contributed by atoms with E-state index in [4.69, 9.17) is 9.47 Å². The number of aromatic nitrogens is 1. The molecular formula is C19H28N2O4S. The lowest BCUT2D eigenvalue weighted by Gasteiger charge is -2.36. The highest BCUT2D eigenvalue weighted by Crippen LogP contribution is 2.35. The first-order valence-electron chi connectivity index (χ1n) is 9.07. The van der Waals surface area contributed by atoms with Crippen molar-refractivity contribution in [2.75, 3.05) is 18.5 Å². The number of esters is 2. The molecule has 0 amide bonds. The number of carbonyl (C=O) groups is 2. The van der Waals surface area contributed by atoms with E-state index in [0.29, 0.717) is 29.4 Å². The Balaban J connectivity index is 1.82. The van der Waals surface area contributed by atoms with Crippen LogP contribution in [-0.4, -0.2) is 36.2 Å². The third kappa shape index (κ3) is 5.83. The van der Waals surface area contributed by atoms with E-state index < -0.39 is 11.9 Å². The van der Waals surface area contributed by atoms with Gasteiger partial charge in [-0.15, -0.1) is 17.9 Å². The van der Waals surface area contributed by atoms with Crippen LogP contribution in [0.15, 0.2) is 18.0 Å². The van der Waals surface area contributed by atoms with E-state index in [1.54, 1.807) is 11.5 Å². The molecule has 1 saturated carbocycles. The Bertz CT molecular complexity index is 629. The van der Waals surface area contributed by atoms with E-state index in [0.717, 1.165) is 19.3 Å². The van der Waals surface area contributed by atoms with Crippen molar-refractivity contribution < 1.29 is 19.1 Å². The van der Waals surface area contributed by atoms with E-state index in [-0.39, 0.29) is 18.4 Å². The molecular weight excluding hydrogens is 352 g/mol. The summed E-state index contributed by atoms with van der Waals surface area (Å²) >= 11 is 1.30. The molecule has 3 atom stereocenters. The highest BCUT2D eigenvalue weighted by Gasteiger charge is 2.33. The van der Waals surface area contributed by atoms with Crippen LogP contribution in [0.4, 0.5) is 5.13 Å². The maximum Gasteiger partial charge on any atom is 0.358 e. The van der Waals surface area contributed by atoms with E-state index in [2.05, 4.69) is 37.7 Å². The first-order chi connectivity index (χ1) is 12.4. The van der Waals surface area contributed by atoms with Crippen LogP contribution in [0.3, 0.4) is 0 Å². The number of nitrogens with one attached hydrogen (secondary N) is 1. The van der Waals surface area contributed by atoms with Crippen LogP contribution in [0.25, 0.3) is 0 Å². The molecule has 0 aliphatic heterocycles. The summed E-state index contributed by atoms with van der Waals surface area (Å²) in [5.41, 5.74) is 0.181. The Kier molecular flexibility index (Phi) is 7.63. The second kappa shape index (κ2) is 9.71. The number of hydrogen-bond acceptors (Lipinski definition) is 7. The molecule has 1 aromatic heterocycles. The SMILES string of the molecule is C=CCNc1nc(C(=O)OCC(=O)OC2CC(C)CCC2C(C)C)cs1. The minimum absolute atomic E-state index is 0.0982. The van der Waals surface area contributed by atoms with Gasteiger partial charge in [-0.25, -0.2) is 14.6 Å². The fraction of sp³-hybridized carbons (Fsp3) is 0.632. The molecule has 1 aliphatic rings. The summed E-state index contributed by atoms with van der Waals surface area (Å²) in [4.78, 5) is 28.3. The lowest BCUT2D eigenvalue weighted by molar-refractivity contribution is -0.159. The molecule has 1 aliphatic carbocycles. The average molecular weight is 381 g/mol. The number of ether oxygens (including phenoxy) is 2. The van der Waals surface area contributed by atoms with Gasteiger partial charge in [0.1, 0.15) is 6.10 Å². The third-order valence-corrected chi connectivity index (χ3v) is 5.48. The summed E-state index contributed by atoms with van der Waals surface area (Å²) in [6, 6.07) is 0. The molecule has 0 radical (unpaired) electrons. The predicted molar refractivity (Wildman–Crippen MR) is 102 cm³/mol. The fourth-order valence-corrected chi connectivity index (χ4v) is 3.95. The van der Waals surface area contributed by atoms with Crippen molar-refractivity contribution in [2.24, 2.45) is 17.8 Å². The topological polar surface area (TPSA) is 77.5 Å². The minimum Gasteiger partial charge on any atom is -0.460 e. The van der Waals surface area contributed by atoms with Gasteiger partial charge in [0, 0.05) is 11.9 Å². The molecule has 7 heteroatoms. The Hall–Kier alpha value is -1.89. The Morgan fingerprint density at radius 1 is 1.46 bits per heavy atom. The zero-order valence-corrected chi connectivity index (χ0v) is 16.5. The first kappa shape index (κ1) is 20.4. The maximum atomic E-state index is 12.1. The van der Waals surface area contributed by atoms with Crippen molar-refractivity contribution in [2.45, 2.75) is 46.1 Å². The second-order valence-corrected chi connectivity index (χ2v) is 8.00. The van der Waals surface area contributed by atoms with Crippen molar-refractivity contribution in [3.05, 3.63) is 23.7 Å². The highest BCUT2D eigenvalue weighted by atomic mass is 32.1. The van der Waals surface area contributed by atoms with Crippen LogP contribution >= 0.6 is 11.3 Å². The third-order valence-electron chi connectivity index (χ3n) is 4.68. The monoisotopic (exact) mass is 380 g/mol. The van der Waals surface area contributed by atoms with Crippen molar-refractivity contribution in [1.29, 1.82) is 0 Å². The predicted octanol–water partition coefficient (Wildman–Crippen LogP) is 3.90. The second-order valence-electron chi connectivity index (χ2n) is 7.14. The van der Waals surface area contributed by atoms with E-state index in [9.17, 15) is 9.59 Å². The lowest BCUT2D eigenvalue weighted by Crippen LogP contribution is -2.36. The van der Waals surface area contributed by atoms with Gasteiger partial charge in [0.25, 0.3) is 0 Å². The van der Waals surface area contributed by atoms with Gasteiger partial charge in [-0.05, 0) is 30.6 Å². The van der Waals surface area contributed by atoms with Gasteiger partial charge in [-0.2, -0.15) is 0 Å². The number of carbonyl (C=O) groups excluding carboxylic acids is 2. The number of anilines is 1. The summed E-state index contributed by atoms with van der Waals surface area (Å²) < 4.78 is 10.7. The molecule has 0 bridgehead atoms. The largest absolute Gasteiger partial charge is 0.460 e. The maximum absolute atomic E-state index is 12.1. The normalized spacial score (nSPS) is 22.7. The number of rotatable bonds is 8. The van der Waals surface area contributed by atoms with Gasteiger partial charge in [-0.1, -0.05) is 33.3 Å². The summed E-state index contributed by atoms with van der Waals surface area (Å²) in [6.45, 7) is 10.3. The molecule has 1 heterocycles. The number of hydrogen-bond donors (Lipinski definition) is 1. The molecule has 6 nitrogen and oxygen atoms in total. The Labute approximate surface area is 159 Å². The molecule has 0 aromatic carbocycles. The van der Waals surface area contributed by atoms with E-state index >= 15 is 0 Å². The summed E-state index contributed by atoms with van der Waals surface area (Å²) in [6.07, 6.45) is 4.70. The van der Waals surface area contributed by atoms with Crippen molar-refractivity contribution in [3.8, 4) is 0 Å². The lowest BCUT2D eigenvalue weighted by atomic mass is 9.75. The first-order valence-corrected chi connectivity index (χ1v) is 9.95. The Morgan fingerprint density at radius 2 is 2.23 bits per heavy atom. The molecule has 144 valence electrons. The Morgan fingerprint density at radius 3 is 2.92 bits per heavy atom. The summed E-state index contributed by atoms with van der Waals surface area (Å²) in [5, 5.41) is 5.20. The van der Waals surface area contributed by atoms with Crippen molar-refractivity contribution >= 4 is 28.4 Å². The number of nitrogens with zero attached hydrogens (tertiary/aromatic N) is 1. The molecule has 3 unspecified atom stereocenters. The van der Waals surface area contributed by atoms with Crippen LogP contribution < -0.4 is 5.32 Å². The van der Waals surface area contributed by atoms with Gasteiger partial charge in [0.05, 0.1) is 0 Å². The van der Waals surface area contributed by atoms with Gasteiger partial charge in [0.15, 0.2) is 17.4 Å². The minimum atomic E-state index is -0.623. The quantitative estimate of drug-likeness (QED) is 0.544. The van der Waals surface area contributed by atoms with Gasteiger partial charge >= 0.3 is 11.9 Å². The molecule has 1 fully saturated rings. The highest BCUT2D eigenvalue weighted by molar-refractivity contribution is 7.13. The van der Waals surface area contributed by atoms with Gasteiger partial charge < -0.3 is 14.8 Å². The van der Waals surface area contributed by atoms with Crippen LogP contribution in [0.1, 0.15) is 50.5 Å². The van der Waals surface area contributed by atoms with E-state index in [1.807, 2.05) is 0 Å². The molecule has 0 spiro atoms. The van der Waals surface area contributed by atoms with E-state index in [1.165, 1.54) is 11.3 Å². The molecule has 2 rings (SSSR count). The summed E-state index contributed by atoms with van der Waals surface area (Å²) in [7, 11) is 0. The van der Waals surface area contributed by atoms with Crippen molar-refractivity contribution in [3.63, 3.8) is 0 Å². The zero-order chi connectivity index (χ0) is 19.1.